The van der Waals surface area contributed by atoms with E-state index in [9.17, 15) is 13.2 Å². The van der Waals surface area contributed by atoms with Gasteiger partial charge in [-0.3, -0.25) is 4.90 Å². The first-order valence-corrected chi connectivity index (χ1v) is 4.34. The predicted molar refractivity (Wildman–Crippen MR) is 50.3 cm³/mol. The van der Waals surface area contributed by atoms with E-state index in [1.165, 1.54) is 12.1 Å². The summed E-state index contributed by atoms with van der Waals surface area (Å²) in [5.41, 5.74) is 1.19. The van der Waals surface area contributed by atoms with Crippen molar-refractivity contribution >= 4 is 5.69 Å². The molecule has 0 N–H and O–H groups in total. The average Bonchev–Trinajstić information content (AvgIpc) is 2.15. The lowest BCUT2D eigenvalue weighted by molar-refractivity contribution is -0.125. The van der Waals surface area contributed by atoms with Crippen molar-refractivity contribution in [2.45, 2.75) is 19.6 Å². The molecule has 0 aliphatic rings. The monoisotopic (exact) mass is 203 g/mol. The molecule has 0 bridgehead atoms. The molecule has 1 aromatic carbocycles. The third-order valence-corrected chi connectivity index (χ3v) is 2.11. The summed E-state index contributed by atoms with van der Waals surface area (Å²) in [5, 5.41) is 0. The minimum Gasteiger partial charge on any atom is -0.287 e. The Hall–Kier alpha value is -1.19. The number of hydrogen-bond acceptors (Lipinski definition) is 1. The van der Waals surface area contributed by atoms with Crippen LogP contribution in [0, 0.1) is 0 Å². The van der Waals surface area contributed by atoms with Crippen LogP contribution < -0.4 is 4.90 Å². The van der Waals surface area contributed by atoms with Gasteiger partial charge in [-0.15, -0.1) is 0 Å². The molecule has 0 aliphatic carbocycles. The number of anilines is 1. The van der Waals surface area contributed by atoms with E-state index < -0.39 is 6.30 Å². The number of hydrogen-bond donors (Lipinski definition) is 0. The quantitative estimate of drug-likeness (QED) is 0.667. The zero-order valence-electron chi connectivity index (χ0n) is 8.10. The highest BCUT2D eigenvalue weighted by Gasteiger charge is 2.34. The molecule has 0 unspecified atom stereocenters. The summed E-state index contributed by atoms with van der Waals surface area (Å²) in [6.45, 7) is 1.96. The highest BCUT2D eigenvalue weighted by Crippen LogP contribution is 2.26. The van der Waals surface area contributed by atoms with Gasteiger partial charge in [0.1, 0.15) is 0 Å². The molecule has 0 radical (unpaired) electrons. The maximum atomic E-state index is 12.2. The van der Waals surface area contributed by atoms with Crippen molar-refractivity contribution in [2.24, 2.45) is 0 Å². The first kappa shape index (κ1) is 10.9. The van der Waals surface area contributed by atoms with Crippen LogP contribution in [0.5, 0.6) is 0 Å². The number of aryl methyl sites for hydroxylation is 1. The van der Waals surface area contributed by atoms with Crippen LogP contribution in [0.15, 0.2) is 24.3 Å². The Morgan fingerprint density at radius 1 is 1.14 bits per heavy atom. The van der Waals surface area contributed by atoms with Crippen molar-refractivity contribution in [3.8, 4) is 0 Å². The summed E-state index contributed by atoms with van der Waals surface area (Å²) in [4.78, 5) is 0.298. The van der Waals surface area contributed by atoms with Gasteiger partial charge in [-0.05, 0) is 24.1 Å². The van der Waals surface area contributed by atoms with E-state index in [0.29, 0.717) is 4.90 Å². The lowest BCUT2D eigenvalue weighted by Crippen LogP contribution is -2.33. The van der Waals surface area contributed by atoms with Gasteiger partial charge in [0.2, 0.25) is 0 Å². The van der Waals surface area contributed by atoms with Crippen LogP contribution in [0.4, 0.5) is 18.9 Å². The molecule has 1 rings (SSSR count). The van der Waals surface area contributed by atoms with E-state index in [4.69, 9.17) is 0 Å². The standard InChI is InChI=1S/C10H12F3N/c1-3-8-4-6-9(7-5-8)14(2)10(11,12)13/h4-7H,3H2,1-2H3. The third kappa shape index (κ3) is 2.40. The van der Waals surface area contributed by atoms with Crippen LogP contribution in [0.3, 0.4) is 0 Å². The molecule has 0 spiro atoms. The molecule has 1 aromatic rings. The molecule has 14 heavy (non-hydrogen) atoms. The lowest BCUT2D eigenvalue weighted by Gasteiger charge is -2.22. The SMILES string of the molecule is CCc1ccc(N(C)C(F)(F)F)cc1. The average molecular weight is 203 g/mol. The van der Waals surface area contributed by atoms with Crippen LogP contribution >= 0.6 is 0 Å². The normalized spacial score (nSPS) is 11.5. The van der Waals surface area contributed by atoms with E-state index in [-0.39, 0.29) is 5.69 Å². The van der Waals surface area contributed by atoms with Crippen molar-refractivity contribution in [2.75, 3.05) is 11.9 Å². The second-order valence-corrected chi connectivity index (χ2v) is 3.05. The molecule has 0 aliphatic heterocycles. The number of alkyl halides is 3. The van der Waals surface area contributed by atoms with Crippen molar-refractivity contribution in [3.63, 3.8) is 0 Å². The lowest BCUT2D eigenvalue weighted by atomic mass is 10.1. The topological polar surface area (TPSA) is 3.24 Å². The fourth-order valence-corrected chi connectivity index (χ4v) is 1.10. The molecule has 0 fully saturated rings. The van der Waals surface area contributed by atoms with Crippen LogP contribution in [0.25, 0.3) is 0 Å². The molecule has 0 heterocycles. The Balaban J connectivity index is 2.87. The number of rotatable bonds is 2. The van der Waals surface area contributed by atoms with Crippen molar-refractivity contribution in [3.05, 3.63) is 29.8 Å². The Morgan fingerprint density at radius 3 is 2.00 bits per heavy atom. The highest BCUT2D eigenvalue weighted by molar-refractivity contribution is 5.47. The Morgan fingerprint density at radius 2 is 1.64 bits per heavy atom. The van der Waals surface area contributed by atoms with Gasteiger partial charge in [-0.2, -0.15) is 13.2 Å². The van der Waals surface area contributed by atoms with Crippen LogP contribution in [-0.4, -0.2) is 13.3 Å². The molecule has 0 aromatic heterocycles. The van der Waals surface area contributed by atoms with Gasteiger partial charge in [-0.25, -0.2) is 0 Å². The third-order valence-electron chi connectivity index (χ3n) is 2.11. The summed E-state index contributed by atoms with van der Waals surface area (Å²) in [5.74, 6) is 0. The summed E-state index contributed by atoms with van der Waals surface area (Å²) >= 11 is 0. The minimum absolute atomic E-state index is 0.162. The molecule has 0 saturated heterocycles. The van der Waals surface area contributed by atoms with E-state index in [1.807, 2.05) is 6.92 Å². The van der Waals surface area contributed by atoms with Crippen LogP contribution in [0.1, 0.15) is 12.5 Å². The molecule has 0 amide bonds. The first-order chi connectivity index (χ1) is 6.45. The van der Waals surface area contributed by atoms with E-state index >= 15 is 0 Å². The molecule has 4 heteroatoms. The predicted octanol–water partition coefficient (Wildman–Crippen LogP) is 3.21. The number of halogens is 3. The van der Waals surface area contributed by atoms with Crippen LogP contribution in [-0.2, 0) is 6.42 Å². The summed E-state index contributed by atoms with van der Waals surface area (Å²) in [6, 6.07) is 6.37. The largest absolute Gasteiger partial charge is 0.484 e. The van der Waals surface area contributed by atoms with E-state index in [0.717, 1.165) is 19.0 Å². The first-order valence-electron chi connectivity index (χ1n) is 4.34. The van der Waals surface area contributed by atoms with Gasteiger partial charge in [0, 0.05) is 12.7 Å². The van der Waals surface area contributed by atoms with Gasteiger partial charge >= 0.3 is 6.30 Å². The highest BCUT2D eigenvalue weighted by atomic mass is 19.4. The molecule has 0 atom stereocenters. The zero-order valence-corrected chi connectivity index (χ0v) is 8.10. The van der Waals surface area contributed by atoms with Crippen molar-refractivity contribution in [1.29, 1.82) is 0 Å². The fraction of sp³-hybridized carbons (Fsp3) is 0.400. The van der Waals surface area contributed by atoms with Gasteiger partial charge in [-0.1, -0.05) is 19.1 Å². The Labute approximate surface area is 81.1 Å². The van der Waals surface area contributed by atoms with E-state index in [1.54, 1.807) is 12.1 Å². The number of nitrogens with zero attached hydrogens (tertiary/aromatic N) is 1. The van der Waals surface area contributed by atoms with Gasteiger partial charge in [0.05, 0.1) is 0 Å². The molecular weight excluding hydrogens is 191 g/mol. The second-order valence-electron chi connectivity index (χ2n) is 3.05. The second kappa shape index (κ2) is 3.90. The van der Waals surface area contributed by atoms with Crippen molar-refractivity contribution < 1.29 is 13.2 Å². The summed E-state index contributed by atoms with van der Waals surface area (Å²) in [7, 11) is 1.01. The molecule has 78 valence electrons. The van der Waals surface area contributed by atoms with Gasteiger partial charge < -0.3 is 0 Å². The fourth-order valence-electron chi connectivity index (χ4n) is 1.10. The number of benzene rings is 1. The smallest absolute Gasteiger partial charge is 0.287 e. The van der Waals surface area contributed by atoms with Gasteiger partial charge in [0.25, 0.3) is 0 Å². The molecule has 0 saturated carbocycles. The van der Waals surface area contributed by atoms with Crippen LogP contribution in [0.2, 0.25) is 0 Å². The summed E-state index contributed by atoms with van der Waals surface area (Å²) < 4.78 is 36.7. The maximum Gasteiger partial charge on any atom is 0.484 e. The Kier molecular flexibility index (Phi) is 3.03. The van der Waals surface area contributed by atoms with Crippen molar-refractivity contribution in [1.82, 2.24) is 0 Å². The Bertz CT molecular complexity index is 289. The minimum atomic E-state index is -4.31. The van der Waals surface area contributed by atoms with E-state index in [2.05, 4.69) is 0 Å². The molecule has 1 nitrogen and oxygen atoms in total. The zero-order chi connectivity index (χ0) is 10.8. The molecular formula is C10H12F3N. The summed E-state index contributed by atoms with van der Waals surface area (Å²) in [6.07, 6.45) is -3.48. The van der Waals surface area contributed by atoms with Gasteiger partial charge in [0.15, 0.2) is 0 Å². The maximum absolute atomic E-state index is 12.2.